The second-order valence-electron chi connectivity index (χ2n) is 5.32. The SMILES string of the molecule is COC(=O)c1ccc(C(=O)Nc2ccccc2N2CCCC2)s1. The first-order valence-corrected chi connectivity index (χ1v) is 8.34. The molecule has 0 atom stereocenters. The minimum absolute atomic E-state index is 0.211. The van der Waals surface area contributed by atoms with Crippen molar-refractivity contribution in [3.63, 3.8) is 0 Å². The number of carbonyl (C=O) groups is 2. The molecule has 1 aliphatic heterocycles. The monoisotopic (exact) mass is 330 g/mol. The van der Waals surface area contributed by atoms with E-state index in [1.165, 1.54) is 20.0 Å². The Morgan fingerprint density at radius 1 is 1.09 bits per heavy atom. The maximum atomic E-state index is 12.4. The summed E-state index contributed by atoms with van der Waals surface area (Å²) < 4.78 is 4.67. The van der Waals surface area contributed by atoms with Crippen LogP contribution in [0.15, 0.2) is 36.4 Å². The summed E-state index contributed by atoms with van der Waals surface area (Å²) in [7, 11) is 1.33. The Kier molecular flexibility index (Phi) is 4.62. The molecular weight excluding hydrogens is 312 g/mol. The third kappa shape index (κ3) is 3.37. The fourth-order valence-corrected chi connectivity index (χ4v) is 3.49. The summed E-state index contributed by atoms with van der Waals surface area (Å²) in [5.41, 5.74) is 1.84. The average Bonchev–Trinajstić information content (AvgIpc) is 3.26. The van der Waals surface area contributed by atoms with Gasteiger partial charge in [-0.1, -0.05) is 12.1 Å². The number of para-hydroxylation sites is 2. The summed E-state index contributed by atoms with van der Waals surface area (Å²) in [6.45, 7) is 2.02. The van der Waals surface area contributed by atoms with Crippen LogP contribution >= 0.6 is 11.3 Å². The maximum absolute atomic E-state index is 12.4. The Bertz CT molecular complexity index is 720. The number of hydrogen-bond donors (Lipinski definition) is 1. The lowest BCUT2D eigenvalue weighted by atomic mass is 10.2. The number of anilines is 2. The molecule has 1 aromatic carbocycles. The highest BCUT2D eigenvalue weighted by atomic mass is 32.1. The van der Waals surface area contributed by atoms with Crippen LogP contribution in [0.3, 0.4) is 0 Å². The first kappa shape index (κ1) is 15.6. The van der Waals surface area contributed by atoms with Crippen molar-refractivity contribution in [2.75, 3.05) is 30.4 Å². The summed E-state index contributed by atoms with van der Waals surface area (Å²) in [4.78, 5) is 27.1. The minimum atomic E-state index is -0.425. The summed E-state index contributed by atoms with van der Waals surface area (Å²) in [6.07, 6.45) is 2.35. The van der Waals surface area contributed by atoms with Crippen LogP contribution in [0, 0.1) is 0 Å². The number of esters is 1. The van der Waals surface area contributed by atoms with E-state index in [1.54, 1.807) is 12.1 Å². The van der Waals surface area contributed by atoms with Gasteiger partial charge in [-0.3, -0.25) is 4.79 Å². The van der Waals surface area contributed by atoms with Crippen molar-refractivity contribution in [2.45, 2.75) is 12.8 Å². The normalized spacial score (nSPS) is 13.9. The highest BCUT2D eigenvalue weighted by molar-refractivity contribution is 7.16. The molecule has 1 N–H and O–H groups in total. The number of methoxy groups -OCH3 is 1. The van der Waals surface area contributed by atoms with Gasteiger partial charge < -0.3 is 15.0 Å². The third-order valence-electron chi connectivity index (χ3n) is 3.82. The first-order valence-electron chi connectivity index (χ1n) is 7.52. The predicted molar refractivity (Wildman–Crippen MR) is 91.5 cm³/mol. The van der Waals surface area contributed by atoms with Crippen LogP contribution in [0.25, 0.3) is 0 Å². The highest BCUT2D eigenvalue weighted by Crippen LogP contribution is 2.29. The van der Waals surface area contributed by atoms with Crippen molar-refractivity contribution >= 4 is 34.6 Å². The van der Waals surface area contributed by atoms with Gasteiger partial charge in [-0.25, -0.2) is 4.79 Å². The molecule has 2 heterocycles. The molecule has 1 saturated heterocycles. The van der Waals surface area contributed by atoms with Gasteiger partial charge in [0, 0.05) is 13.1 Å². The van der Waals surface area contributed by atoms with E-state index in [4.69, 9.17) is 0 Å². The molecule has 0 spiro atoms. The molecule has 0 bridgehead atoms. The number of nitrogens with zero attached hydrogens (tertiary/aromatic N) is 1. The first-order chi connectivity index (χ1) is 11.2. The van der Waals surface area contributed by atoms with Crippen molar-refractivity contribution in [2.24, 2.45) is 0 Å². The predicted octanol–water partition coefficient (Wildman–Crippen LogP) is 3.39. The average molecular weight is 330 g/mol. The number of thiophene rings is 1. The Balaban J connectivity index is 1.78. The number of nitrogens with one attached hydrogen (secondary N) is 1. The fourth-order valence-electron chi connectivity index (χ4n) is 2.67. The zero-order chi connectivity index (χ0) is 16.2. The zero-order valence-corrected chi connectivity index (χ0v) is 13.7. The fraction of sp³-hybridized carbons (Fsp3) is 0.294. The van der Waals surface area contributed by atoms with E-state index in [9.17, 15) is 9.59 Å². The Labute approximate surface area is 138 Å². The van der Waals surface area contributed by atoms with Gasteiger partial charge >= 0.3 is 5.97 Å². The van der Waals surface area contributed by atoms with E-state index in [2.05, 4.69) is 15.0 Å². The number of carbonyl (C=O) groups excluding carboxylic acids is 2. The standard InChI is InChI=1S/C17H18N2O3S/c1-22-17(21)15-9-8-14(23-15)16(20)18-12-6-2-3-7-13(12)19-10-4-5-11-19/h2-3,6-9H,4-5,10-11H2,1H3,(H,18,20). The van der Waals surface area contributed by atoms with Crippen LogP contribution in [0.1, 0.15) is 32.2 Å². The molecule has 1 aromatic heterocycles. The zero-order valence-electron chi connectivity index (χ0n) is 12.9. The van der Waals surface area contributed by atoms with Crippen LogP contribution < -0.4 is 10.2 Å². The largest absolute Gasteiger partial charge is 0.465 e. The summed E-state index contributed by atoms with van der Waals surface area (Å²) in [5.74, 6) is -0.636. The van der Waals surface area contributed by atoms with Gasteiger partial charge in [0.2, 0.25) is 0 Å². The molecule has 3 rings (SSSR count). The molecular formula is C17H18N2O3S. The summed E-state index contributed by atoms with van der Waals surface area (Å²) in [6, 6.07) is 11.1. The van der Waals surface area contributed by atoms with Crippen LogP contribution in [0.2, 0.25) is 0 Å². The van der Waals surface area contributed by atoms with Crippen LogP contribution in [0.5, 0.6) is 0 Å². The van der Waals surface area contributed by atoms with Crippen molar-refractivity contribution in [3.8, 4) is 0 Å². The van der Waals surface area contributed by atoms with E-state index in [1.807, 2.05) is 24.3 Å². The van der Waals surface area contributed by atoms with E-state index in [0.717, 1.165) is 35.8 Å². The lowest BCUT2D eigenvalue weighted by Gasteiger charge is -2.21. The van der Waals surface area contributed by atoms with Gasteiger partial charge in [-0.05, 0) is 37.1 Å². The van der Waals surface area contributed by atoms with Crippen molar-refractivity contribution < 1.29 is 14.3 Å². The van der Waals surface area contributed by atoms with Gasteiger partial charge in [0.1, 0.15) is 4.88 Å². The lowest BCUT2D eigenvalue weighted by molar-refractivity contribution is 0.0606. The van der Waals surface area contributed by atoms with E-state index in [0.29, 0.717) is 9.75 Å². The summed E-state index contributed by atoms with van der Waals surface area (Å²) in [5, 5.41) is 2.95. The van der Waals surface area contributed by atoms with Crippen LogP contribution in [0.4, 0.5) is 11.4 Å². The van der Waals surface area contributed by atoms with Crippen molar-refractivity contribution in [1.82, 2.24) is 0 Å². The van der Waals surface area contributed by atoms with Gasteiger partial charge in [0.15, 0.2) is 0 Å². The van der Waals surface area contributed by atoms with Crippen molar-refractivity contribution in [1.29, 1.82) is 0 Å². The molecule has 1 fully saturated rings. The van der Waals surface area contributed by atoms with E-state index >= 15 is 0 Å². The second kappa shape index (κ2) is 6.83. The Hall–Kier alpha value is -2.34. The summed E-state index contributed by atoms with van der Waals surface area (Å²) >= 11 is 1.13. The van der Waals surface area contributed by atoms with Gasteiger partial charge in [-0.2, -0.15) is 0 Å². The number of rotatable bonds is 4. The van der Waals surface area contributed by atoms with Gasteiger partial charge in [0.05, 0.1) is 23.4 Å². The maximum Gasteiger partial charge on any atom is 0.348 e. The van der Waals surface area contributed by atoms with Crippen LogP contribution in [-0.2, 0) is 4.74 Å². The van der Waals surface area contributed by atoms with Gasteiger partial charge in [0.25, 0.3) is 5.91 Å². The Morgan fingerprint density at radius 3 is 2.52 bits per heavy atom. The number of ether oxygens (including phenoxy) is 1. The number of benzene rings is 1. The molecule has 0 aliphatic carbocycles. The lowest BCUT2D eigenvalue weighted by Crippen LogP contribution is -2.20. The quantitative estimate of drug-likeness (QED) is 0.873. The third-order valence-corrected chi connectivity index (χ3v) is 4.88. The Morgan fingerprint density at radius 2 is 1.78 bits per heavy atom. The molecule has 120 valence electrons. The van der Waals surface area contributed by atoms with Crippen molar-refractivity contribution in [3.05, 3.63) is 46.2 Å². The molecule has 23 heavy (non-hydrogen) atoms. The van der Waals surface area contributed by atoms with E-state index in [-0.39, 0.29) is 5.91 Å². The van der Waals surface area contributed by atoms with E-state index < -0.39 is 5.97 Å². The molecule has 1 aliphatic rings. The van der Waals surface area contributed by atoms with Crippen LogP contribution in [-0.4, -0.2) is 32.1 Å². The number of amides is 1. The minimum Gasteiger partial charge on any atom is -0.465 e. The molecule has 6 heteroatoms. The molecule has 5 nitrogen and oxygen atoms in total. The topological polar surface area (TPSA) is 58.6 Å². The molecule has 2 aromatic rings. The second-order valence-corrected chi connectivity index (χ2v) is 6.40. The smallest absolute Gasteiger partial charge is 0.348 e. The molecule has 1 amide bonds. The van der Waals surface area contributed by atoms with Gasteiger partial charge in [-0.15, -0.1) is 11.3 Å². The number of hydrogen-bond acceptors (Lipinski definition) is 5. The molecule has 0 radical (unpaired) electrons. The molecule has 0 unspecified atom stereocenters. The molecule has 0 saturated carbocycles. The highest BCUT2D eigenvalue weighted by Gasteiger charge is 2.18.